The van der Waals surface area contributed by atoms with Crippen LogP contribution in [0.15, 0.2) is 18.2 Å². The third-order valence-corrected chi connectivity index (χ3v) is 2.82. The highest BCUT2D eigenvalue weighted by Gasteiger charge is 2.27. The zero-order chi connectivity index (χ0) is 13.7. The summed E-state index contributed by atoms with van der Waals surface area (Å²) >= 11 is 0. The van der Waals surface area contributed by atoms with Gasteiger partial charge in [-0.15, -0.1) is 0 Å². The molecule has 0 saturated heterocycles. The lowest BCUT2D eigenvalue weighted by Gasteiger charge is -2.30. The maximum absolute atomic E-state index is 13.8. The molecule has 3 N–H and O–H groups in total. The zero-order valence-electron chi connectivity index (χ0n) is 10.9. The molecule has 2 atom stereocenters. The van der Waals surface area contributed by atoms with Gasteiger partial charge in [-0.1, -0.05) is 19.9 Å². The van der Waals surface area contributed by atoms with Crippen LogP contribution in [0.1, 0.15) is 32.4 Å². The van der Waals surface area contributed by atoms with Crippen molar-refractivity contribution >= 4 is 0 Å². The molecular formula is C13H20F2N2O. The van der Waals surface area contributed by atoms with Gasteiger partial charge in [0.1, 0.15) is 11.6 Å². The van der Waals surface area contributed by atoms with Gasteiger partial charge >= 0.3 is 0 Å². The van der Waals surface area contributed by atoms with E-state index in [1.54, 1.807) is 0 Å². The molecular weight excluding hydrogens is 238 g/mol. The molecule has 1 aromatic rings. The second kappa shape index (κ2) is 6.78. The molecule has 3 nitrogen and oxygen atoms in total. The number of hydrogen-bond acceptors (Lipinski definition) is 3. The summed E-state index contributed by atoms with van der Waals surface area (Å²) in [7, 11) is 0. The van der Waals surface area contributed by atoms with Crippen LogP contribution in [-0.2, 0) is 4.74 Å². The SMILES string of the molecule is CCOC(C(C)C)C(NN)c1ccc(F)cc1F. The van der Waals surface area contributed by atoms with E-state index in [1.165, 1.54) is 12.1 Å². The lowest BCUT2D eigenvalue weighted by molar-refractivity contribution is 0.00193. The van der Waals surface area contributed by atoms with E-state index in [0.29, 0.717) is 12.2 Å². The Morgan fingerprint density at radius 2 is 2.00 bits per heavy atom. The topological polar surface area (TPSA) is 47.3 Å². The van der Waals surface area contributed by atoms with E-state index in [4.69, 9.17) is 10.6 Å². The van der Waals surface area contributed by atoms with Gasteiger partial charge in [0.25, 0.3) is 0 Å². The molecule has 2 unspecified atom stereocenters. The van der Waals surface area contributed by atoms with Gasteiger partial charge in [0.15, 0.2) is 0 Å². The van der Waals surface area contributed by atoms with Crippen LogP contribution in [0.25, 0.3) is 0 Å². The Morgan fingerprint density at radius 1 is 1.33 bits per heavy atom. The Hall–Kier alpha value is -1.04. The second-order valence-electron chi connectivity index (χ2n) is 4.47. The number of nitrogens with two attached hydrogens (primary N) is 1. The molecule has 18 heavy (non-hydrogen) atoms. The Kier molecular flexibility index (Phi) is 5.65. The molecule has 0 saturated carbocycles. The lowest BCUT2D eigenvalue weighted by atomic mass is 9.93. The summed E-state index contributed by atoms with van der Waals surface area (Å²) in [6, 6.07) is 2.95. The summed E-state index contributed by atoms with van der Waals surface area (Å²) in [4.78, 5) is 0. The molecule has 0 aromatic heterocycles. The maximum Gasteiger partial charge on any atom is 0.131 e. The van der Waals surface area contributed by atoms with E-state index in [9.17, 15) is 8.78 Å². The predicted molar refractivity (Wildman–Crippen MR) is 66.7 cm³/mol. The van der Waals surface area contributed by atoms with Crippen LogP contribution in [-0.4, -0.2) is 12.7 Å². The summed E-state index contributed by atoms with van der Waals surface area (Å²) in [5, 5.41) is 0. The van der Waals surface area contributed by atoms with E-state index in [-0.39, 0.29) is 12.0 Å². The van der Waals surface area contributed by atoms with Crippen LogP contribution >= 0.6 is 0 Å². The number of nitrogens with one attached hydrogen (secondary N) is 1. The molecule has 1 rings (SSSR count). The molecule has 0 fully saturated rings. The van der Waals surface area contributed by atoms with Crippen molar-refractivity contribution in [3.8, 4) is 0 Å². The third-order valence-electron chi connectivity index (χ3n) is 2.82. The Balaban J connectivity index is 3.06. The molecule has 102 valence electrons. The molecule has 1 aromatic carbocycles. The van der Waals surface area contributed by atoms with Crippen molar-refractivity contribution in [2.24, 2.45) is 11.8 Å². The van der Waals surface area contributed by atoms with Crippen LogP contribution in [0.4, 0.5) is 8.78 Å². The van der Waals surface area contributed by atoms with Crippen LogP contribution in [0, 0.1) is 17.6 Å². The third kappa shape index (κ3) is 3.48. The normalized spacial score (nSPS) is 14.8. The van der Waals surface area contributed by atoms with Gasteiger partial charge in [0.2, 0.25) is 0 Å². The monoisotopic (exact) mass is 258 g/mol. The van der Waals surface area contributed by atoms with Crippen molar-refractivity contribution in [3.63, 3.8) is 0 Å². The first kappa shape index (κ1) is 15.0. The van der Waals surface area contributed by atoms with E-state index < -0.39 is 17.7 Å². The Morgan fingerprint density at radius 3 is 2.44 bits per heavy atom. The smallest absolute Gasteiger partial charge is 0.131 e. The van der Waals surface area contributed by atoms with E-state index in [2.05, 4.69) is 5.43 Å². The molecule has 0 bridgehead atoms. The fourth-order valence-electron chi connectivity index (χ4n) is 1.98. The van der Waals surface area contributed by atoms with Gasteiger partial charge in [-0.25, -0.2) is 8.78 Å². The van der Waals surface area contributed by atoms with E-state index >= 15 is 0 Å². The minimum absolute atomic E-state index is 0.149. The fraction of sp³-hybridized carbons (Fsp3) is 0.538. The minimum atomic E-state index is -0.622. The van der Waals surface area contributed by atoms with Crippen molar-refractivity contribution < 1.29 is 13.5 Å². The van der Waals surface area contributed by atoms with E-state index in [0.717, 1.165) is 6.07 Å². The van der Waals surface area contributed by atoms with Crippen molar-refractivity contribution in [3.05, 3.63) is 35.4 Å². The molecule has 5 heteroatoms. The summed E-state index contributed by atoms with van der Waals surface area (Å²) in [5.41, 5.74) is 2.87. The zero-order valence-corrected chi connectivity index (χ0v) is 10.9. The van der Waals surface area contributed by atoms with Gasteiger partial charge in [0.05, 0.1) is 12.1 Å². The fourth-order valence-corrected chi connectivity index (χ4v) is 1.98. The molecule has 0 radical (unpaired) electrons. The molecule has 0 spiro atoms. The van der Waals surface area contributed by atoms with E-state index in [1.807, 2.05) is 20.8 Å². The first-order chi connectivity index (χ1) is 8.51. The van der Waals surface area contributed by atoms with Crippen LogP contribution < -0.4 is 11.3 Å². The Labute approximate surface area is 106 Å². The molecule has 0 aliphatic carbocycles. The molecule has 0 aliphatic heterocycles. The van der Waals surface area contributed by atoms with Crippen LogP contribution in [0.2, 0.25) is 0 Å². The van der Waals surface area contributed by atoms with Crippen molar-refractivity contribution in [1.29, 1.82) is 0 Å². The van der Waals surface area contributed by atoms with Gasteiger partial charge in [-0.2, -0.15) is 0 Å². The first-order valence-corrected chi connectivity index (χ1v) is 6.03. The first-order valence-electron chi connectivity index (χ1n) is 6.03. The molecule has 0 amide bonds. The minimum Gasteiger partial charge on any atom is -0.376 e. The number of ether oxygens (including phenoxy) is 1. The summed E-state index contributed by atoms with van der Waals surface area (Å²) in [5.74, 6) is 4.41. The average molecular weight is 258 g/mol. The summed E-state index contributed by atoms with van der Waals surface area (Å²) < 4.78 is 32.3. The highest BCUT2D eigenvalue weighted by molar-refractivity contribution is 5.23. The highest BCUT2D eigenvalue weighted by atomic mass is 19.1. The lowest BCUT2D eigenvalue weighted by Crippen LogP contribution is -2.41. The number of benzene rings is 1. The van der Waals surface area contributed by atoms with Crippen molar-refractivity contribution in [1.82, 2.24) is 5.43 Å². The van der Waals surface area contributed by atoms with Gasteiger partial charge in [-0.05, 0) is 18.9 Å². The Bertz CT molecular complexity index is 385. The molecule has 0 heterocycles. The van der Waals surface area contributed by atoms with Crippen molar-refractivity contribution in [2.45, 2.75) is 32.9 Å². The van der Waals surface area contributed by atoms with Crippen LogP contribution in [0.3, 0.4) is 0 Å². The standard InChI is InChI=1S/C13H20F2N2O/c1-4-18-13(8(2)3)12(17-16)10-6-5-9(14)7-11(10)15/h5-8,12-13,17H,4,16H2,1-3H3. The predicted octanol–water partition coefficient (Wildman–Crippen LogP) is 2.53. The molecule has 0 aliphatic rings. The quantitative estimate of drug-likeness (QED) is 0.609. The number of halogens is 2. The van der Waals surface area contributed by atoms with Gasteiger partial charge < -0.3 is 4.74 Å². The second-order valence-corrected chi connectivity index (χ2v) is 4.47. The number of hydrogen-bond donors (Lipinski definition) is 2. The summed E-state index contributed by atoms with van der Waals surface area (Å²) in [6.07, 6.45) is -0.278. The number of rotatable bonds is 6. The average Bonchev–Trinajstić information content (AvgIpc) is 2.31. The van der Waals surface area contributed by atoms with Gasteiger partial charge in [0, 0.05) is 18.2 Å². The number of hydrazine groups is 1. The van der Waals surface area contributed by atoms with Crippen LogP contribution in [0.5, 0.6) is 0 Å². The summed E-state index contributed by atoms with van der Waals surface area (Å²) in [6.45, 7) is 6.30. The maximum atomic E-state index is 13.8. The van der Waals surface area contributed by atoms with Gasteiger partial charge in [-0.3, -0.25) is 11.3 Å². The van der Waals surface area contributed by atoms with Crippen molar-refractivity contribution in [2.75, 3.05) is 6.61 Å². The highest BCUT2D eigenvalue weighted by Crippen LogP contribution is 2.26. The largest absolute Gasteiger partial charge is 0.376 e.